The van der Waals surface area contributed by atoms with Crippen LogP contribution in [0.1, 0.15) is 92.9 Å². The van der Waals surface area contributed by atoms with E-state index in [0.717, 1.165) is 23.7 Å². The van der Waals surface area contributed by atoms with E-state index in [2.05, 4.69) is 65.8 Å². The van der Waals surface area contributed by atoms with Crippen molar-refractivity contribution in [1.82, 2.24) is 0 Å². The Labute approximate surface area is 175 Å². The van der Waals surface area contributed by atoms with Crippen LogP contribution in [0, 0.1) is 46.3 Å². The highest BCUT2D eigenvalue weighted by molar-refractivity contribution is 5.38. The first-order valence-corrected chi connectivity index (χ1v) is 12.4. The quantitative estimate of drug-likeness (QED) is 0.430. The Kier molecular flexibility index (Phi) is 5.47. The smallest absolute Gasteiger partial charge is 0.00476 e. The molecular weight excluding hydrogens is 336 g/mol. The molecule has 28 heavy (non-hydrogen) atoms. The number of allylic oxidation sites excluding steroid dienone is 6. The standard InChI is InChI=1S/C28H44/c1-19(2)20(3)10-11-21(4)24-14-15-25-23-13-12-22-9-7-8-17-27(22,5)26(23)16-18-28(24,25)6/h10-13,19-21,24-26H,7-9,14-18H2,1-6H3/b11-10+/t20-,21+,24+,25-,26-,27-,28+/m0/s1. The van der Waals surface area contributed by atoms with Crippen LogP contribution in [0.4, 0.5) is 0 Å². The molecule has 0 heteroatoms. The van der Waals surface area contributed by atoms with E-state index in [-0.39, 0.29) is 0 Å². The first-order chi connectivity index (χ1) is 13.3. The molecule has 0 bridgehead atoms. The van der Waals surface area contributed by atoms with Crippen molar-refractivity contribution < 1.29 is 0 Å². The molecule has 4 aliphatic rings. The van der Waals surface area contributed by atoms with Gasteiger partial charge in [0.25, 0.3) is 0 Å². The predicted molar refractivity (Wildman–Crippen MR) is 122 cm³/mol. The summed E-state index contributed by atoms with van der Waals surface area (Å²) in [6.07, 6.45) is 21.7. The molecule has 0 heterocycles. The van der Waals surface area contributed by atoms with Crippen LogP contribution in [0.3, 0.4) is 0 Å². The molecule has 3 saturated carbocycles. The van der Waals surface area contributed by atoms with Crippen molar-refractivity contribution in [1.29, 1.82) is 0 Å². The predicted octanol–water partition coefficient (Wildman–Crippen LogP) is 8.36. The van der Waals surface area contributed by atoms with Gasteiger partial charge >= 0.3 is 0 Å². The SMILES string of the molecule is CC(C)[C@@H](C)/C=C/[C@@H](C)[C@H]1CC[C@H]2C3=CC=C4CCCC[C@]4(C)[C@H]3CC[C@]12C. The van der Waals surface area contributed by atoms with E-state index >= 15 is 0 Å². The van der Waals surface area contributed by atoms with E-state index in [1.165, 1.54) is 51.4 Å². The normalized spacial score (nSPS) is 42.5. The molecule has 0 radical (unpaired) electrons. The Morgan fingerprint density at radius 1 is 0.893 bits per heavy atom. The monoisotopic (exact) mass is 380 g/mol. The number of rotatable bonds is 4. The van der Waals surface area contributed by atoms with Gasteiger partial charge in [0, 0.05) is 0 Å². The maximum Gasteiger partial charge on any atom is -0.00476 e. The van der Waals surface area contributed by atoms with Gasteiger partial charge in [-0.2, -0.15) is 0 Å². The van der Waals surface area contributed by atoms with Gasteiger partial charge in [0.2, 0.25) is 0 Å². The molecule has 156 valence electrons. The molecule has 7 atom stereocenters. The van der Waals surface area contributed by atoms with Crippen molar-refractivity contribution in [3.05, 3.63) is 35.5 Å². The van der Waals surface area contributed by atoms with E-state index in [4.69, 9.17) is 0 Å². The average Bonchev–Trinajstić information content (AvgIpc) is 3.02. The Morgan fingerprint density at radius 3 is 2.43 bits per heavy atom. The van der Waals surface area contributed by atoms with Gasteiger partial charge in [-0.1, -0.05) is 83.4 Å². The van der Waals surface area contributed by atoms with Gasteiger partial charge in [0.1, 0.15) is 0 Å². The molecule has 0 N–H and O–H groups in total. The summed E-state index contributed by atoms with van der Waals surface area (Å²) >= 11 is 0. The first-order valence-electron chi connectivity index (χ1n) is 12.4. The van der Waals surface area contributed by atoms with Crippen LogP contribution < -0.4 is 0 Å². The lowest BCUT2D eigenvalue weighted by Crippen LogP contribution is -2.45. The molecule has 0 nitrogen and oxygen atoms in total. The third-order valence-electron chi connectivity index (χ3n) is 9.96. The molecule has 0 amide bonds. The fraction of sp³-hybridized carbons (Fsp3) is 0.786. The van der Waals surface area contributed by atoms with Crippen LogP contribution in [0.15, 0.2) is 35.5 Å². The van der Waals surface area contributed by atoms with Crippen LogP contribution in [-0.2, 0) is 0 Å². The summed E-state index contributed by atoms with van der Waals surface area (Å²) < 4.78 is 0. The molecule has 0 aliphatic heterocycles. The molecule has 0 unspecified atom stereocenters. The zero-order valence-electron chi connectivity index (χ0n) is 19.4. The summed E-state index contributed by atoms with van der Waals surface area (Å²) in [6.45, 7) is 14.8. The van der Waals surface area contributed by atoms with Crippen LogP contribution >= 0.6 is 0 Å². The summed E-state index contributed by atoms with van der Waals surface area (Å²) in [7, 11) is 0. The van der Waals surface area contributed by atoms with Gasteiger partial charge in [-0.05, 0) is 91.3 Å². The Bertz CT molecular complexity index is 676. The molecule has 4 aliphatic carbocycles. The maximum absolute atomic E-state index is 2.66. The van der Waals surface area contributed by atoms with Crippen LogP contribution in [0.2, 0.25) is 0 Å². The lowest BCUT2D eigenvalue weighted by molar-refractivity contribution is 0.0575. The minimum atomic E-state index is 0.486. The highest BCUT2D eigenvalue weighted by atomic mass is 14.6. The second-order valence-corrected chi connectivity index (χ2v) is 11.7. The van der Waals surface area contributed by atoms with Gasteiger partial charge in [0.15, 0.2) is 0 Å². The van der Waals surface area contributed by atoms with E-state index in [0.29, 0.717) is 22.7 Å². The lowest BCUT2D eigenvalue weighted by atomic mass is 9.50. The highest BCUT2D eigenvalue weighted by Crippen LogP contribution is 2.65. The summed E-state index contributed by atoms with van der Waals surface area (Å²) in [4.78, 5) is 0. The minimum absolute atomic E-state index is 0.486. The fourth-order valence-electron chi connectivity index (χ4n) is 7.65. The van der Waals surface area contributed by atoms with Crippen LogP contribution in [0.5, 0.6) is 0 Å². The van der Waals surface area contributed by atoms with E-state index in [1.807, 2.05) is 5.57 Å². The second kappa shape index (κ2) is 7.48. The Hall–Kier alpha value is -0.780. The van der Waals surface area contributed by atoms with Gasteiger partial charge in [-0.25, -0.2) is 0 Å². The molecule has 0 aromatic carbocycles. The fourth-order valence-corrected chi connectivity index (χ4v) is 7.65. The topological polar surface area (TPSA) is 0 Å². The van der Waals surface area contributed by atoms with Crippen molar-refractivity contribution in [2.45, 2.75) is 92.9 Å². The van der Waals surface area contributed by atoms with Crippen molar-refractivity contribution >= 4 is 0 Å². The molecule has 3 fully saturated rings. The van der Waals surface area contributed by atoms with Gasteiger partial charge in [-0.15, -0.1) is 0 Å². The van der Waals surface area contributed by atoms with E-state index in [1.54, 1.807) is 5.57 Å². The molecule has 0 aromatic heterocycles. The van der Waals surface area contributed by atoms with E-state index < -0.39 is 0 Å². The molecular formula is C28H44. The molecule has 0 aromatic rings. The Balaban J connectivity index is 1.57. The van der Waals surface area contributed by atoms with Crippen LogP contribution in [0.25, 0.3) is 0 Å². The van der Waals surface area contributed by atoms with Crippen molar-refractivity contribution in [3.63, 3.8) is 0 Å². The largest absolute Gasteiger partial charge is 0.0852 e. The summed E-state index contributed by atoms with van der Waals surface area (Å²) in [5, 5.41) is 0. The zero-order chi connectivity index (χ0) is 20.1. The van der Waals surface area contributed by atoms with Crippen LogP contribution in [-0.4, -0.2) is 0 Å². The number of hydrogen-bond acceptors (Lipinski definition) is 0. The molecule has 0 saturated heterocycles. The average molecular weight is 381 g/mol. The van der Waals surface area contributed by atoms with E-state index in [9.17, 15) is 0 Å². The second-order valence-electron chi connectivity index (χ2n) is 11.7. The van der Waals surface area contributed by atoms with Gasteiger partial charge < -0.3 is 0 Å². The van der Waals surface area contributed by atoms with Gasteiger partial charge in [0.05, 0.1) is 0 Å². The molecule has 0 spiro atoms. The first kappa shape index (κ1) is 20.5. The minimum Gasteiger partial charge on any atom is -0.0852 e. The lowest BCUT2D eigenvalue weighted by Gasteiger charge is -2.54. The zero-order valence-corrected chi connectivity index (χ0v) is 19.4. The number of fused-ring (bicyclic) bond motifs is 5. The van der Waals surface area contributed by atoms with Gasteiger partial charge in [-0.3, -0.25) is 0 Å². The summed E-state index contributed by atoms with van der Waals surface area (Å²) in [6, 6.07) is 0. The number of hydrogen-bond donors (Lipinski definition) is 0. The highest BCUT2D eigenvalue weighted by Gasteiger charge is 2.56. The maximum atomic E-state index is 2.66. The Morgan fingerprint density at radius 2 is 1.68 bits per heavy atom. The third-order valence-corrected chi connectivity index (χ3v) is 9.96. The van der Waals surface area contributed by atoms with Crippen molar-refractivity contribution in [2.75, 3.05) is 0 Å². The van der Waals surface area contributed by atoms with Crippen molar-refractivity contribution in [3.8, 4) is 0 Å². The summed E-state index contributed by atoms with van der Waals surface area (Å²) in [5.74, 6) is 4.70. The molecule has 4 rings (SSSR count). The third kappa shape index (κ3) is 3.18. The van der Waals surface area contributed by atoms with Crippen molar-refractivity contribution in [2.24, 2.45) is 46.3 Å². The summed E-state index contributed by atoms with van der Waals surface area (Å²) in [5.41, 5.74) is 4.64.